The number of nitrogens with one attached hydrogen (secondary N) is 1. The average molecular weight is 139 g/mol. The molecule has 0 aromatic carbocycles. The van der Waals surface area contributed by atoms with Gasteiger partial charge in [0.2, 0.25) is 0 Å². The monoisotopic (exact) mass is 139 g/mol. The van der Waals surface area contributed by atoms with Crippen molar-refractivity contribution < 1.29 is 4.74 Å². The number of rotatable bonds is 0. The molecule has 3 heteroatoms. The standard InChI is InChI=1S/C7H11N2O/c1-3-8-4-2-7(1)5-9-6-10-7/h9H,1-3,5-6H2/q+1. The van der Waals surface area contributed by atoms with Crippen molar-refractivity contribution in [3.8, 4) is 6.07 Å². The first-order chi connectivity index (χ1) is 4.91. The van der Waals surface area contributed by atoms with Crippen molar-refractivity contribution in [1.82, 2.24) is 5.32 Å². The summed E-state index contributed by atoms with van der Waals surface area (Å²) in [6, 6.07) is 2.98. The molecule has 3 nitrogen and oxygen atoms in total. The zero-order chi connectivity index (χ0) is 6.86. The quantitative estimate of drug-likeness (QED) is 0.526. The van der Waals surface area contributed by atoms with E-state index in [2.05, 4.69) is 16.2 Å². The summed E-state index contributed by atoms with van der Waals surface area (Å²) >= 11 is 0. The fourth-order valence-electron chi connectivity index (χ4n) is 1.44. The SMILES string of the molecule is C1#[N+]CCC2(C1)CNCO2. The number of hydrogen-bond donors (Lipinski definition) is 1. The van der Waals surface area contributed by atoms with Gasteiger partial charge in [0.05, 0.1) is 13.2 Å². The molecule has 0 aliphatic carbocycles. The summed E-state index contributed by atoms with van der Waals surface area (Å²) in [6.45, 7) is 2.54. The van der Waals surface area contributed by atoms with E-state index in [1.807, 2.05) is 0 Å². The van der Waals surface area contributed by atoms with E-state index in [1.165, 1.54) is 0 Å². The van der Waals surface area contributed by atoms with Crippen LogP contribution in [0.3, 0.4) is 0 Å². The highest BCUT2D eigenvalue weighted by atomic mass is 16.5. The topological polar surface area (TPSA) is 25.6 Å². The van der Waals surface area contributed by atoms with Gasteiger partial charge in [0, 0.05) is 6.54 Å². The van der Waals surface area contributed by atoms with Gasteiger partial charge in [0.1, 0.15) is 12.0 Å². The normalized spacial score (nSPS) is 37.6. The van der Waals surface area contributed by atoms with Gasteiger partial charge < -0.3 is 4.74 Å². The lowest BCUT2D eigenvalue weighted by Crippen LogP contribution is -2.34. The molecular weight excluding hydrogens is 128 g/mol. The maximum Gasteiger partial charge on any atom is 0.276 e. The maximum atomic E-state index is 5.55. The van der Waals surface area contributed by atoms with Crippen LogP contribution in [0.5, 0.6) is 0 Å². The molecule has 0 bridgehead atoms. The molecule has 1 unspecified atom stereocenters. The molecular formula is C7H11N2O+. The predicted molar refractivity (Wildman–Crippen MR) is 38.0 cm³/mol. The van der Waals surface area contributed by atoms with Crippen molar-refractivity contribution in [1.29, 1.82) is 0 Å². The third-order valence-corrected chi connectivity index (χ3v) is 2.12. The van der Waals surface area contributed by atoms with Crippen LogP contribution in [0.15, 0.2) is 0 Å². The predicted octanol–water partition coefficient (Wildman–Crippen LogP) is 0.429. The van der Waals surface area contributed by atoms with E-state index < -0.39 is 0 Å². The van der Waals surface area contributed by atoms with Crippen LogP contribution in [0.25, 0.3) is 4.85 Å². The van der Waals surface area contributed by atoms with Gasteiger partial charge >= 0.3 is 0 Å². The fraction of sp³-hybridized carbons (Fsp3) is 0.857. The molecule has 1 N–H and O–H groups in total. The minimum atomic E-state index is 0.0573. The zero-order valence-electron chi connectivity index (χ0n) is 5.89. The van der Waals surface area contributed by atoms with E-state index in [9.17, 15) is 0 Å². The van der Waals surface area contributed by atoms with Crippen LogP contribution >= 0.6 is 0 Å². The van der Waals surface area contributed by atoms with Crippen LogP contribution in [0.4, 0.5) is 0 Å². The van der Waals surface area contributed by atoms with Gasteiger partial charge in [0.25, 0.3) is 12.6 Å². The van der Waals surface area contributed by atoms with Gasteiger partial charge in [0.15, 0.2) is 0 Å². The smallest absolute Gasteiger partial charge is 0.276 e. The molecule has 0 amide bonds. The molecule has 0 saturated carbocycles. The van der Waals surface area contributed by atoms with E-state index >= 15 is 0 Å². The fourth-order valence-corrected chi connectivity index (χ4v) is 1.44. The molecule has 1 fully saturated rings. The first-order valence-electron chi connectivity index (χ1n) is 3.65. The maximum absolute atomic E-state index is 5.55. The van der Waals surface area contributed by atoms with Crippen molar-refractivity contribution in [3.05, 3.63) is 4.85 Å². The highest BCUT2D eigenvalue weighted by molar-refractivity contribution is 5.05. The second-order valence-corrected chi connectivity index (χ2v) is 2.87. The minimum Gasteiger partial charge on any atom is -0.357 e. The van der Waals surface area contributed by atoms with Gasteiger partial charge in [-0.15, -0.1) is 0 Å². The number of ether oxygens (including phenoxy) is 1. The molecule has 2 heterocycles. The molecule has 0 aromatic rings. The largest absolute Gasteiger partial charge is 0.357 e. The minimum absolute atomic E-state index is 0.0573. The Bertz CT molecular complexity index is 186. The van der Waals surface area contributed by atoms with Crippen LogP contribution in [-0.2, 0) is 4.74 Å². The Labute approximate surface area is 60.2 Å². The van der Waals surface area contributed by atoms with Gasteiger partial charge in [-0.1, -0.05) is 4.85 Å². The molecule has 2 aliphatic heterocycles. The summed E-state index contributed by atoms with van der Waals surface area (Å²) < 4.78 is 5.55. The molecule has 0 aromatic heterocycles. The molecule has 1 atom stereocenters. The zero-order valence-corrected chi connectivity index (χ0v) is 5.89. The Morgan fingerprint density at radius 3 is 3.20 bits per heavy atom. The summed E-state index contributed by atoms with van der Waals surface area (Å²) in [6.07, 6.45) is 1.91. The lowest BCUT2D eigenvalue weighted by molar-refractivity contribution is 0.00961. The van der Waals surface area contributed by atoms with E-state index in [0.717, 1.165) is 25.9 Å². The third-order valence-electron chi connectivity index (χ3n) is 2.12. The van der Waals surface area contributed by atoms with Crippen LogP contribution < -0.4 is 5.32 Å². The Morgan fingerprint density at radius 1 is 1.60 bits per heavy atom. The first kappa shape index (κ1) is 6.14. The van der Waals surface area contributed by atoms with Gasteiger partial charge in [-0.3, -0.25) is 5.32 Å². The summed E-state index contributed by atoms with van der Waals surface area (Å²) in [5.74, 6) is 0. The Hall–Kier alpha value is -0.590. The lowest BCUT2D eigenvalue weighted by atomic mass is 9.95. The molecule has 2 rings (SSSR count). The van der Waals surface area contributed by atoms with Gasteiger partial charge in [-0.05, 0) is 0 Å². The lowest BCUT2D eigenvalue weighted by Gasteiger charge is -2.21. The Balaban J connectivity index is 2.10. The molecule has 54 valence electrons. The molecule has 10 heavy (non-hydrogen) atoms. The van der Waals surface area contributed by atoms with Crippen molar-refractivity contribution in [2.45, 2.75) is 18.4 Å². The summed E-state index contributed by atoms with van der Waals surface area (Å²) in [4.78, 5) is 4.04. The van der Waals surface area contributed by atoms with Crippen LogP contribution in [0, 0.1) is 6.07 Å². The van der Waals surface area contributed by atoms with Crippen LogP contribution in [-0.4, -0.2) is 25.4 Å². The van der Waals surface area contributed by atoms with E-state index in [0.29, 0.717) is 6.73 Å². The van der Waals surface area contributed by atoms with E-state index in [1.54, 1.807) is 0 Å². The number of nitrogens with zero attached hydrogens (tertiary/aromatic N) is 1. The first-order valence-corrected chi connectivity index (χ1v) is 3.65. The summed E-state index contributed by atoms with van der Waals surface area (Å²) in [5.41, 5.74) is 0.0573. The third kappa shape index (κ3) is 0.898. The van der Waals surface area contributed by atoms with E-state index in [-0.39, 0.29) is 5.60 Å². The number of hydrogen-bond acceptors (Lipinski definition) is 2. The second kappa shape index (κ2) is 2.22. The van der Waals surface area contributed by atoms with Gasteiger partial charge in [-0.2, -0.15) is 0 Å². The van der Waals surface area contributed by atoms with Crippen molar-refractivity contribution >= 4 is 0 Å². The highest BCUT2D eigenvalue weighted by Gasteiger charge is 2.39. The Morgan fingerprint density at radius 2 is 2.60 bits per heavy atom. The van der Waals surface area contributed by atoms with E-state index in [4.69, 9.17) is 4.74 Å². The van der Waals surface area contributed by atoms with Crippen LogP contribution in [0.1, 0.15) is 12.8 Å². The highest BCUT2D eigenvalue weighted by Crippen LogP contribution is 2.25. The molecule has 0 radical (unpaired) electrons. The Kier molecular flexibility index (Phi) is 1.37. The van der Waals surface area contributed by atoms with Gasteiger partial charge in [-0.25, -0.2) is 0 Å². The van der Waals surface area contributed by atoms with Crippen molar-refractivity contribution in [3.63, 3.8) is 0 Å². The molecule has 1 spiro atoms. The molecule has 2 aliphatic rings. The average Bonchev–Trinajstić information content (AvgIpc) is 2.39. The van der Waals surface area contributed by atoms with Crippen molar-refractivity contribution in [2.75, 3.05) is 19.8 Å². The molecule has 1 saturated heterocycles. The summed E-state index contributed by atoms with van der Waals surface area (Å²) in [5, 5.41) is 3.18. The summed E-state index contributed by atoms with van der Waals surface area (Å²) in [7, 11) is 0. The second-order valence-electron chi connectivity index (χ2n) is 2.87. The van der Waals surface area contributed by atoms with Crippen LogP contribution in [0.2, 0.25) is 0 Å². The van der Waals surface area contributed by atoms with Crippen molar-refractivity contribution in [2.24, 2.45) is 0 Å².